The van der Waals surface area contributed by atoms with Crippen molar-refractivity contribution in [2.45, 2.75) is 51.1 Å². The van der Waals surface area contributed by atoms with Gasteiger partial charge in [-0.15, -0.1) is 0 Å². The van der Waals surface area contributed by atoms with Crippen LogP contribution in [0.3, 0.4) is 0 Å². The van der Waals surface area contributed by atoms with Crippen LogP contribution in [0.25, 0.3) is 0 Å². The molecule has 1 atom stereocenters. The van der Waals surface area contributed by atoms with E-state index in [-0.39, 0.29) is 23.8 Å². The third-order valence-electron chi connectivity index (χ3n) is 7.27. The molecule has 0 bridgehead atoms. The second kappa shape index (κ2) is 15.2. The van der Waals surface area contributed by atoms with Crippen molar-refractivity contribution in [1.82, 2.24) is 10.2 Å². The van der Waals surface area contributed by atoms with Crippen molar-refractivity contribution in [2.75, 3.05) is 17.4 Å². The molecule has 9 heteroatoms. The van der Waals surface area contributed by atoms with Crippen LogP contribution in [0.5, 0.6) is 0 Å². The van der Waals surface area contributed by atoms with Crippen molar-refractivity contribution in [3.8, 4) is 0 Å². The molecule has 0 aromatic heterocycles. The Hall–Kier alpha value is -3.95. The smallest absolute Gasteiger partial charge is 0.264 e. The Morgan fingerprint density at radius 3 is 2.05 bits per heavy atom. The minimum absolute atomic E-state index is 0.0801. The first-order valence-corrected chi connectivity index (χ1v) is 16.8. The Balaban J connectivity index is 1.79. The largest absolute Gasteiger partial charge is 0.354 e. The molecular formula is C35H38BrN3O4S. The number of hydrogen-bond donors (Lipinski definition) is 1. The lowest BCUT2D eigenvalue weighted by Gasteiger charge is -2.34. The summed E-state index contributed by atoms with van der Waals surface area (Å²) in [5, 5.41) is 2.96. The number of nitrogens with one attached hydrogen (secondary N) is 1. The molecule has 0 aliphatic heterocycles. The highest BCUT2D eigenvalue weighted by Crippen LogP contribution is 2.26. The number of carbonyl (C=O) groups excluding carboxylic acids is 2. The van der Waals surface area contributed by atoms with Gasteiger partial charge in [-0.05, 0) is 67.8 Å². The maximum absolute atomic E-state index is 14.5. The van der Waals surface area contributed by atoms with E-state index < -0.39 is 28.5 Å². The highest BCUT2D eigenvalue weighted by atomic mass is 79.9. The van der Waals surface area contributed by atoms with Crippen molar-refractivity contribution in [3.05, 3.63) is 130 Å². The van der Waals surface area contributed by atoms with Gasteiger partial charge in [-0.25, -0.2) is 8.42 Å². The van der Waals surface area contributed by atoms with Crippen LogP contribution in [0.15, 0.2) is 112 Å². The van der Waals surface area contributed by atoms with E-state index in [4.69, 9.17) is 0 Å². The van der Waals surface area contributed by atoms with Gasteiger partial charge < -0.3 is 10.2 Å². The molecule has 1 N–H and O–H groups in total. The van der Waals surface area contributed by atoms with E-state index >= 15 is 0 Å². The third kappa shape index (κ3) is 8.57. The fraction of sp³-hybridized carbons (Fsp3) is 0.257. The van der Waals surface area contributed by atoms with Gasteiger partial charge in [0.15, 0.2) is 0 Å². The lowest BCUT2D eigenvalue weighted by Crippen LogP contribution is -2.53. The fourth-order valence-electron chi connectivity index (χ4n) is 4.83. The summed E-state index contributed by atoms with van der Waals surface area (Å²) in [4.78, 5) is 29.7. The molecule has 230 valence electrons. The number of hydrogen-bond acceptors (Lipinski definition) is 4. The summed E-state index contributed by atoms with van der Waals surface area (Å²) in [5.74, 6) is -0.781. The van der Waals surface area contributed by atoms with Crippen LogP contribution in [0.2, 0.25) is 0 Å². The molecule has 0 saturated carbocycles. The molecule has 0 aliphatic rings. The predicted molar refractivity (Wildman–Crippen MR) is 179 cm³/mol. The summed E-state index contributed by atoms with van der Waals surface area (Å²) < 4.78 is 30.2. The normalized spacial score (nSPS) is 11.9. The van der Waals surface area contributed by atoms with Crippen molar-refractivity contribution < 1.29 is 18.0 Å². The molecule has 0 unspecified atom stereocenters. The summed E-state index contributed by atoms with van der Waals surface area (Å²) >= 11 is 3.51. The van der Waals surface area contributed by atoms with E-state index in [1.54, 1.807) is 36.4 Å². The Morgan fingerprint density at radius 1 is 0.818 bits per heavy atom. The van der Waals surface area contributed by atoms with Gasteiger partial charge in [0, 0.05) is 24.0 Å². The van der Waals surface area contributed by atoms with E-state index in [2.05, 4.69) is 21.2 Å². The van der Waals surface area contributed by atoms with Gasteiger partial charge >= 0.3 is 0 Å². The van der Waals surface area contributed by atoms with E-state index in [1.165, 1.54) is 4.90 Å². The van der Waals surface area contributed by atoms with Crippen molar-refractivity contribution in [2.24, 2.45) is 0 Å². The minimum Gasteiger partial charge on any atom is -0.354 e. The molecule has 4 aromatic rings. The molecule has 7 nitrogen and oxygen atoms in total. The van der Waals surface area contributed by atoms with Gasteiger partial charge in [0.05, 0.1) is 10.6 Å². The van der Waals surface area contributed by atoms with Gasteiger partial charge in [-0.3, -0.25) is 13.9 Å². The second-order valence-corrected chi connectivity index (χ2v) is 13.6. The van der Waals surface area contributed by atoms with Gasteiger partial charge in [0.2, 0.25) is 11.8 Å². The van der Waals surface area contributed by atoms with Gasteiger partial charge in [-0.1, -0.05) is 101 Å². The Labute approximate surface area is 269 Å². The number of benzene rings is 4. The molecule has 0 spiro atoms. The van der Waals surface area contributed by atoms with Crippen LogP contribution in [0, 0.1) is 13.8 Å². The molecule has 0 fully saturated rings. The summed E-state index contributed by atoms with van der Waals surface area (Å²) in [6, 6.07) is 29.8. The number of aryl methyl sites for hydroxylation is 2. The molecule has 44 heavy (non-hydrogen) atoms. The number of rotatable bonds is 13. The third-order valence-corrected chi connectivity index (χ3v) is 9.55. The van der Waals surface area contributed by atoms with Crippen molar-refractivity contribution >= 4 is 43.5 Å². The second-order valence-electron chi connectivity index (χ2n) is 10.8. The minimum atomic E-state index is -4.13. The molecule has 4 rings (SSSR count). The SMILES string of the molecule is CCCNC(=O)[C@H](Cc1ccccc1)N(Cc1cccc(Br)c1)C(=O)CN(c1ccc(C)cc1)S(=O)(=O)c1ccc(C)cc1. The molecule has 0 saturated heterocycles. The topological polar surface area (TPSA) is 86.8 Å². The van der Waals surface area contributed by atoms with E-state index in [0.717, 1.165) is 37.5 Å². The van der Waals surface area contributed by atoms with E-state index in [9.17, 15) is 18.0 Å². The standard InChI is InChI=1S/C35H38BrN3O4S/c1-4-21-37-35(41)33(23-28-9-6-5-7-10-28)38(24-29-11-8-12-30(36)22-29)34(40)25-39(31-17-13-26(2)14-18-31)44(42,43)32-19-15-27(3)16-20-32/h5-20,22,33H,4,21,23-25H2,1-3H3,(H,37,41)/t33-/m0/s1. The number of anilines is 1. The van der Waals surface area contributed by atoms with Crippen molar-refractivity contribution in [1.29, 1.82) is 0 Å². The van der Waals surface area contributed by atoms with Crippen LogP contribution in [0.4, 0.5) is 5.69 Å². The number of amides is 2. The van der Waals surface area contributed by atoms with Gasteiger partial charge in [-0.2, -0.15) is 0 Å². The van der Waals surface area contributed by atoms with Crippen LogP contribution in [0.1, 0.15) is 35.6 Å². The summed E-state index contributed by atoms with van der Waals surface area (Å²) in [7, 11) is -4.13. The van der Waals surface area contributed by atoms with E-state index in [1.807, 2.05) is 87.5 Å². The monoisotopic (exact) mass is 675 g/mol. The van der Waals surface area contributed by atoms with Gasteiger partial charge in [0.1, 0.15) is 12.6 Å². The maximum Gasteiger partial charge on any atom is 0.264 e. The highest BCUT2D eigenvalue weighted by molar-refractivity contribution is 9.10. The highest BCUT2D eigenvalue weighted by Gasteiger charge is 2.34. The number of carbonyl (C=O) groups is 2. The molecule has 4 aromatic carbocycles. The van der Waals surface area contributed by atoms with Crippen LogP contribution in [-0.4, -0.2) is 44.3 Å². The quantitative estimate of drug-likeness (QED) is 0.177. The Bertz CT molecular complexity index is 1660. The first kappa shape index (κ1) is 33.0. The van der Waals surface area contributed by atoms with Crippen LogP contribution >= 0.6 is 15.9 Å². The average molecular weight is 677 g/mol. The lowest BCUT2D eigenvalue weighted by molar-refractivity contribution is -0.140. The molecule has 0 radical (unpaired) electrons. The van der Waals surface area contributed by atoms with E-state index in [0.29, 0.717) is 12.2 Å². The zero-order valence-electron chi connectivity index (χ0n) is 25.2. The molecule has 0 heterocycles. The number of sulfonamides is 1. The fourth-order valence-corrected chi connectivity index (χ4v) is 6.69. The van der Waals surface area contributed by atoms with Crippen molar-refractivity contribution in [3.63, 3.8) is 0 Å². The summed E-state index contributed by atoms with van der Waals surface area (Å²) in [6.45, 7) is 5.85. The predicted octanol–water partition coefficient (Wildman–Crippen LogP) is 6.43. The number of halogens is 1. The van der Waals surface area contributed by atoms with Crippen LogP contribution < -0.4 is 9.62 Å². The Kier molecular flexibility index (Phi) is 11.4. The molecule has 0 aliphatic carbocycles. The maximum atomic E-state index is 14.5. The Morgan fingerprint density at radius 2 is 1.43 bits per heavy atom. The number of nitrogens with zero attached hydrogens (tertiary/aromatic N) is 2. The lowest BCUT2D eigenvalue weighted by atomic mass is 10.0. The zero-order chi connectivity index (χ0) is 31.7. The first-order valence-electron chi connectivity index (χ1n) is 14.6. The summed E-state index contributed by atoms with van der Waals surface area (Å²) in [6.07, 6.45) is 1.00. The zero-order valence-corrected chi connectivity index (χ0v) is 27.6. The van der Waals surface area contributed by atoms with Gasteiger partial charge in [0.25, 0.3) is 10.0 Å². The van der Waals surface area contributed by atoms with Crippen LogP contribution in [-0.2, 0) is 32.6 Å². The first-order chi connectivity index (χ1) is 21.1. The summed E-state index contributed by atoms with van der Waals surface area (Å²) in [5.41, 5.74) is 3.93. The average Bonchev–Trinajstić information content (AvgIpc) is 3.01. The molecule has 2 amide bonds. The molecular weight excluding hydrogens is 638 g/mol.